The van der Waals surface area contributed by atoms with Crippen molar-refractivity contribution in [2.24, 2.45) is 0 Å². The number of nitrogens with one attached hydrogen (secondary N) is 2. The van der Waals surface area contributed by atoms with Gasteiger partial charge in [0.1, 0.15) is 9.21 Å². The SMILES string of the molecule is CNc1c(C(=O)Nc2cc(F)c(=O)n(CC(F)F)c2)sc(Cl)c1Cl. The number of anilines is 2. The average molecular weight is 400 g/mol. The molecule has 5 nitrogen and oxygen atoms in total. The van der Waals surface area contributed by atoms with Crippen LogP contribution in [0.3, 0.4) is 0 Å². The molecule has 0 bridgehead atoms. The Balaban J connectivity index is 2.34. The van der Waals surface area contributed by atoms with E-state index in [9.17, 15) is 22.8 Å². The number of rotatable bonds is 5. The molecule has 2 rings (SSSR count). The quantitative estimate of drug-likeness (QED) is 0.800. The van der Waals surface area contributed by atoms with Crippen LogP contribution in [-0.4, -0.2) is 23.9 Å². The monoisotopic (exact) mass is 399 g/mol. The Kier molecular flexibility index (Phi) is 5.79. The summed E-state index contributed by atoms with van der Waals surface area (Å²) in [6.07, 6.45) is -1.91. The Morgan fingerprint density at radius 1 is 1.42 bits per heavy atom. The van der Waals surface area contributed by atoms with Crippen molar-refractivity contribution in [2.75, 3.05) is 17.7 Å². The van der Waals surface area contributed by atoms with Gasteiger partial charge in [-0.25, -0.2) is 13.2 Å². The third kappa shape index (κ3) is 3.85. The average Bonchev–Trinajstić information content (AvgIpc) is 2.79. The number of thiophene rings is 1. The molecule has 0 radical (unpaired) electrons. The van der Waals surface area contributed by atoms with Crippen molar-refractivity contribution in [1.29, 1.82) is 0 Å². The summed E-state index contributed by atoms with van der Waals surface area (Å²) in [6, 6.07) is 0.748. The van der Waals surface area contributed by atoms with Crippen molar-refractivity contribution in [3.05, 3.63) is 42.7 Å². The number of pyridine rings is 1. The second-order valence-corrected chi connectivity index (χ2v) is 6.52. The number of alkyl halides is 2. The summed E-state index contributed by atoms with van der Waals surface area (Å²) in [4.78, 5) is 23.9. The lowest BCUT2D eigenvalue weighted by atomic mass is 10.3. The fraction of sp³-hybridized carbons (Fsp3) is 0.231. The lowest BCUT2D eigenvalue weighted by Crippen LogP contribution is -2.26. The van der Waals surface area contributed by atoms with Gasteiger partial charge in [0.05, 0.1) is 22.9 Å². The van der Waals surface area contributed by atoms with Gasteiger partial charge in [-0.05, 0) is 0 Å². The molecule has 0 aromatic carbocycles. The van der Waals surface area contributed by atoms with Crippen molar-refractivity contribution < 1.29 is 18.0 Å². The molecule has 2 N–H and O–H groups in total. The highest BCUT2D eigenvalue weighted by molar-refractivity contribution is 7.19. The zero-order valence-electron chi connectivity index (χ0n) is 12.0. The Labute approximate surface area is 148 Å². The summed E-state index contributed by atoms with van der Waals surface area (Å²) in [6.45, 7) is -0.988. The van der Waals surface area contributed by atoms with Gasteiger partial charge >= 0.3 is 0 Å². The van der Waals surface area contributed by atoms with Crippen LogP contribution in [0.25, 0.3) is 0 Å². The number of nitrogens with zero attached hydrogens (tertiary/aromatic N) is 1. The van der Waals surface area contributed by atoms with Crippen LogP contribution in [0.1, 0.15) is 9.67 Å². The first-order chi connectivity index (χ1) is 11.2. The zero-order chi connectivity index (χ0) is 18.0. The van der Waals surface area contributed by atoms with Gasteiger partial charge in [-0.2, -0.15) is 0 Å². The van der Waals surface area contributed by atoms with Crippen LogP contribution in [0.5, 0.6) is 0 Å². The fourth-order valence-electron chi connectivity index (χ4n) is 1.91. The lowest BCUT2D eigenvalue weighted by molar-refractivity contribution is 0.103. The third-order valence-electron chi connectivity index (χ3n) is 2.90. The van der Waals surface area contributed by atoms with Crippen molar-refractivity contribution in [2.45, 2.75) is 13.0 Å². The van der Waals surface area contributed by atoms with E-state index < -0.39 is 30.3 Å². The fourth-order valence-corrected chi connectivity index (χ4v) is 3.41. The molecule has 2 heterocycles. The highest BCUT2D eigenvalue weighted by Gasteiger charge is 2.21. The molecule has 2 aromatic heterocycles. The molecule has 0 fully saturated rings. The predicted molar refractivity (Wildman–Crippen MR) is 88.5 cm³/mol. The zero-order valence-corrected chi connectivity index (χ0v) is 14.3. The third-order valence-corrected chi connectivity index (χ3v) is 4.89. The Morgan fingerprint density at radius 2 is 2.08 bits per heavy atom. The van der Waals surface area contributed by atoms with E-state index in [1.807, 2.05) is 0 Å². The summed E-state index contributed by atoms with van der Waals surface area (Å²) < 4.78 is 39.1. The Morgan fingerprint density at radius 3 is 2.67 bits per heavy atom. The van der Waals surface area contributed by atoms with Crippen LogP contribution in [-0.2, 0) is 6.54 Å². The molecule has 11 heteroatoms. The molecule has 24 heavy (non-hydrogen) atoms. The molecule has 0 aliphatic carbocycles. The minimum absolute atomic E-state index is 0.125. The van der Waals surface area contributed by atoms with Crippen LogP contribution >= 0.6 is 34.5 Å². The lowest BCUT2D eigenvalue weighted by Gasteiger charge is -2.10. The van der Waals surface area contributed by atoms with Crippen LogP contribution in [0, 0.1) is 5.82 Å². The summed E-state index contributed by atoms with van der Waals surface area (Å²) in [7, 11) is 1.53. The number of halogens is 5. The molecule has 0 saturated heterocycles. The number of hydrogen-bond donors (Lipinski definition) is 2. The van der Waals surface area contributed by atoms with Gasteiger partial charge < -0.3 is 15.2 Å². The van der Waals surface area contributed by atoms with Crippen LogP contribution < -0.4 is 16.2 Å². The normalized spacial score (nSPS) is 11.0. The number of aromatic nitrogens is 1. The van der Waals surface area contributed by atoms with E-state index in [-0.39, 0.29) is 25.6 Å². The van der Waals surface area contributed by atoms with E-state index in [0.717, 1.165) is 23.6 Å². The van der Waals surface area contributed by atoms with Crippen LogP contribution in [0.15, 0.2) is 17.1 Å². The van der Waals surface area contributed by atoms with E-state index in [1.165, 1.54) is 7.05 Å². The van der Waals surface area contributed by atoms with Crippen molar-refractivity contribution in [3.8, 4) is 0 Å². The van der Waals surface area contributed by atoms with E-state index >= 15 is 0 Å². The first-order valence-corrected chi connectivity index (χ1v) is 7.96. The maximum atomic E-state index is 13.6. The summed E-state index contributed by atoms with van der Waals surface area (Å²) in [5.74, 6) is -1.94. The number of carbonyl (C=O) groups is 1. The molecule has 0 aliphatic rings. The summed E-state index contributed by atoms with van der Waals surface area (Å²) in [5.41, 5.74) is -1.07. The second kappa shape index (κ2) is 7.45. The van der Waals surface area contributed by atoms with Crippen LogP contribution in [0.2, 0.25) is 9.36 Å². The Hall–Kier alpha value is -1.71. The maximum absolute atomic E-state index is 13.6. The molecule has 130 valence electrons. The van der Waals surface area contributed by atoms with Gasteiger partial charge in [-0.1, -0.05) is 23.2 Å². The van der Waals surface area contributed by atoms with Crippen LogP contribution in [0.4, 0.5) is 24.5 Å². The first-order valence-electron chi connectivity index (χ1n) is 6.39. The van der Waals surface area contributed by atoms with Gasteiger partial charge in [0.25, 0.3) is 17.9 Å². The molecule has 0 spiro atoms. The minimum Gasteiger partial charge on any atom is -0.386 e. The molecular formula is C13H10Cl2F3N3O2S. The number of amides is 1. The van der Waals surface area contributed by atoms with E-state index in [1.54, 1.807) is 0 Å². The largest absolute Gasteiger partial charge is 0.386 e. The molecule has 0 saturated carbocycles. The number of carbonyl (C=O) groups excluding carboxylic acids is 1. The number of hydrogen-bond acceptors (Lipinski definition) is 4. The molecular weight excluding hydrogens is 390 g/mol. The Bertz CT molecular complexity index is 839. The van der Waals surface area contributed by atoms with Crippen molar-refractivity contribution in [3.63, 3.8) is 0 Å². The molecule has 0 aliphatic heterocycles. The minimum atomic E-state index is -2.85. The van der Waals surface area contributed by atoms with E-state index in [2.05, 4.69) is 10.6 Å². The van der Waals surface area contributed by atoms with E-state index in [0.29, 0.717) is 4.57 Å². The highest BCUT2D eigenvalue weighted by atomic mass is 35.5. The topological polar surface area (TPSA) is 63.1 Å². The van der Waals surface area contributed by atoms with Gasteiger partial charge in [-0.15, -0.1) is 11.3 Å². The molecule has 2 aromatic rings. The summed E-state index contributed by atoms with van der Waals surface area (Å²) in [5, 5.41) is 5.19. The van der Waals surface area contributed by atoms with Gasteiger partial charge in [0.15, 0.2) is 5.82 Å². The van der Waals surface area contributed by atoms with Crippen molar-refractivity contribution >= 4 is 51.8 Å². The maximum Gasteiger partial charge on any atom is 0.286 e. The van der Waals surface area contributed by atoms with Crippen molar-refractivity contribution in [1.82, 2.24) is 4.57 Å². The smallest absolute Gasteiger partial charge is 0.286 e. The first kappa shape index (κ1) is 18.6. The van der Waals surface area contributed by atoms with Gasteiger partial charge in [0, 0.05) is 19.3 Å². The molecule has 0 unspecified atom stereocenters. The van der Waals surface area contributed by atoms with E-state index in [4.69, 9.17) is 23.2 Å². The molecule has 0 atom stereocenters. The molecule has 1 amide bonds. The predicted octanol–water partition coefficient (Wildman–Crippen LogP) is 3.91. The standard InChI is InChI=1S/C13H10Cl2F3N3O2S/c1-19-9-8(14)11(15)24-10(9)12(22)20-5-2-6(16)13(23)21(3-5)4-7(17)18/h2-3,7,19H,4H2,1H3,(H,20,22). The second-order valence-electron chi connectivity index (χ2n) is 4.52. The highest BCUT2D eigenvalue weighted by Crippen LogP contribution is 2.41. The van der Waals surface area contributed by atoms with Gasteiger partial charge in [-0.3, -0.25) is 9.59 Å². The van der Waals surface area contributed by atoms with Gasteiger partial charge in [0.2, 0.25) is 0 Å². The summed E-state index contributed by atoms with van der Waals surface area (Å²) >= 11 is 12.7.